The van der Waals surface area contributed by atoms with Crippen LogP contribution in [0.5, 0.6) is 0 Å². The number of ketones is 1. The number of Topliss-reactive ketones (excluding diaryl/α,β-unsaturated/α-hetero) is 1. The number of likely N-dealkylation sites (N-methyl/N-ethyl adjacent to an activating group) is 1. The number of benzene rings is 2. The van der Waals surface area contributed by atoms with Crippen molar-refractivity contribution >= 4 is 17.4 Å². The molecule has 1 aliphatic rings. The van der Waals surface area contributed by atoms with Gasteiger partial charge in [-0.05, 0) is 24.7 Å². The molecule has 0 radical (unpaired) electrons. The normalized spacial score (nSPS) is 16.4. The van der Waals surface area contributed by atoms with Crippen molar-refractivity contribution in [2.24, 2.45) is 0 Å². The fraction of sp³-hybridized carbons (Fsp3) is 0.316. The molecular weight excluding hydrogens is 308 g/mol. The summed E-state index contributed by atoms with van der Waals surface area (Å²) in [6, 6.07) is 15.5. The molecule has 3 rings (SSSR count). The van der Waals surface area contributed by atoms with E-state index in [0.717, 1.165) is 42.9 Å². The Hall–Kier alpha value is -1.68. The van der Waals surface area contributed by atoms with Gasteiger partial charge in [0.1, 0.15) is 0 Å². The van der Waals surface area contributed by atoms with E-state index in [1.807, 2.05) is 48.5 Å². The minimum absolute atomic E-state index is 0.170. The number of carbonyl (C=O) groups is 1. The lowest BCUT2D eigenvalue weighted by Gasteiger charge is -2.31. The molecule has 1 fully saturated rings. The Balaban J connectivity index is 1.74. The van der Waals surface area contributed by atoms with Gasteiger partial charge in [-0.25, -0.2) is 0 Å². The molecule has 0 unspecified atom stereocenters. The van der Waals surface area contributed by atoms with Gasteiger partial charge < -0.3 is 4.90 Å². The standard InChI is InChI=1S/C19H21ClN2O/c1-21-9-11-22(12-10-21)14-19(23)16-6-4-5-15(13-16)17-7-2-3-8-18(17)20/h2-8,13H,9-12,14H2,1H3. The molecule has 0 spiro atoms. The summed E-state index contributed by atoms with van der Waals surface area (Å²) in [4.78, 5) is 17.1. The van der Waals surface area contributed by atoms with Crippen molar-refractivity contribution in [2.75, 3.05) is 39.8 Å². The Morgan fingerprint density at radius 1 is 1.04 bits per heavy atom. The summed E-state index contributed by atoms with van der Waals surface area (Å²) in [5.41, 5.74) is 2.70. The van der Waals surface area contributed by atoms with E-state index in [1.165, 1.54) is 0 Å². The van der Waals surface area contributed by atoms with Crippen LogP contribution >= 0.6 is 11.6 Å². The predicted molar refractivity (Wildman–Crippen MR) is 95.2 cm³/mol. The summed E-state index contributed by atoms with van der Waals surface area (Å²) in [5.74, 6) is 0.170. The van der Waals surface area contributed by atoms with Crippen LogP contribution in [0, 0.1) is 0 Å². The molecule has 2 aromatic rings. The minimum atomic E-state index is 0.170. The van der Waals surface area contributed by atoms with Gasteiger partial charge in [0, 0.05) is 42.3 Å². The average molecular weight is 329 g/mol. The van der Waals surface area contributed by atoms with Crippen LogP contribution in [0.2, 0.25) is 5.02 Å². The summed E-state index contributed by atoms with van der Waals surface area (Å²) in [6.07, 6.45) is 0. The first kappa shape index (κ1) is 16.2. The smallest absolute Gasteiger partial charge is 0.176 e. The van der Waals surface area contributed by atoms with E-state index in [-0.39, 0.29) is 5.78 Å². The molecule has 2 aromatic carbocycles. The van der Waals surface area contributed by atoms with Gasteiger partial charge in [0.25, 0.3) is 0 Å². The molecule has 0 atom stereocenters. The Morgan fingerprint density at radius 2 is 1.78 bits per heavy atom. The number of halogens is 1. The van der Waals surface area contributed by atoms with Gasteiger partial charge in [-0.3, -0.25) is 9.69 Å². The van der Waals surface area contributed by atoms with Crippen molar-refractivity contribution in [3.63, 3.8) is 0 Å². The van der Waals surface area contributed by atoms with Gasteiger partial charge in [-0.2, -0.15) is 0 Å². The monoisotopic (exact) mass is 328 g/mol. The highest BCUT2D eigenvalue weighted by Gasteiger charge is 2.17. The highest BCUT2D eigenvalue weighted by molar-refractivity contribution is 6.33. The number of rotatable bonds is 4. The number of hydrogen-bond acceptors (Lipinski definition) is 3. The van der Waals surface area contributed by atoms with E-state index in [9.17, 15) is 4.79 Å². The molecule has 3 nitrogen and oxygen atoms in total. The van der Waals surface area contributed by atoms with Gasteiger partial charge in [-0.15, -0.1) is 0 Å². The summed E-state index contributed by atoms with van der Waals surface area (Å²) in [7, 11) is 2.12. The SMILES string of the molecule is CN1CCN(CC(=O)c2cccc(-c3ccccc3Cl)c2)CC1. The van der Waals surface area contributed by atoms with E-state index in [1.54, 1.807) is 0 Å². The first-order valence-corrected chi connectivity index (χ1v) is 8.30. The van der Waals surface area contributed by atoms with E-state index >= 15 is 0 Å². The molecule has 4 heteroatoms. The average Bonchev–Trinajstić information content (AvgIpc) is 2.57. The van der Waals surface area contributed by atoms with Gasteiger partial charge in [0.2, 0.25) is 0 Å². The Morgan fingerprint density at radius 3 is 2.52 bits per heavy atom. The summed E-state index contributed by atoms with van der Waals surface area (Å²) < 4.78 is 0. The van der Waals surface area contributed by atoms with Gasteiger partial charge in [-0.1, -0.05) is 48.0 Å². The largest absolute Gasteiger partial charge is 0.304 e. The van der Waals surface area contributed by atoms with E-state index in [2.05, 4.69) is 16.8 Å². The van der Waals surface area contributed by atoms with Crippen LogP contribution in [0.4, 0.5) is 0 Å². The van der Waals surface area contributed by atoms with Crippen LogP contribution in [0.15, 0.2) is 48.5 Å². The highest BCUT2D eigenvalue weighted by atomic mass is 35.5. The van der Waals surface area contributed by atoms with Crippen molar-refractivity contribution in [2.45, 2.75) is 0 Å². The molecule has 1 heterocycles. The highest BCUT2D eigenvalue weighted by Crippen LogP contribution is 2.28. The minimum Gasteiger partial charge on any atom is -0.304 e. The molecule has 0 saturated carbocycles. The van der Waals surface area contributed by atoms with Crippen molar-refractivity contribution in [3.05, 3.63) is 59.1 Å². The third kappa shape index (κ3) is 3.99. The zero-order chi connectivity index (χ0) is 16.2. The van der Waals surface area contributed by atoms with Gasteiger partial charge in [0.05, 0.1) is 6.54 Å². The molecule has 0 N–H and O–H groups in total. The first-order valence-electron chi connectivity index (χ1n) is 7.92. The van der Waals surface area contributed by atoms with Gasteiger partial charge in [0.15, 0.2) is 5.78 Å². The van der Waals surface area contributed by atoms with Crippen molar-refractivity contribution in [1.82, 2.24) is 9.80 Å². The second-order valence-electron chi connectivity index (χ2n) is 6.06. The van der Waals surface area contributed by atoms with E-state index in [0.29, 0.717) is 11.6 Å². The topological polar surface area (TPSA) is 23.6 Å². The molecule has 1 saturated heterocycles. The van der Waals surface area contributed by atoms with E-state index < -0.39 is 0 Å². The van der Waals surface area contributed by atoms with Crippen molar-refractivity contribution in [1.29, 1.82) is 0 Å². The molecule has 120 valence electrons. The molecule has 1 aliphatic heterocycles. The zero-order valence-corrected chi connectivity index (χ0v) is 14.1. The summed E-state index contributed by atoms with van der Waals surface area (Å²) in [5, 5.41) is 0.705. The Labute approximate surface area is 142 Å². The van der Waals surface area contributed by atoms with Crippen LogP contribution in [0.3, 0.4) is 0 Å². The first-order chi connectivity index (χ1) is 11.1. The second kappa shape index (κ2) is 7.26. The van der Waals surface area contributed by atoms with Crippen LogP contribution in [0.1, 0.15) is 10.4 Å². The molecule has 23 heavy (non-hydrogen) atoms. The third-order valence-corrected chi connectivity index (χ3v) is 4.66. The fourth-order valence-electron chi connectivity index (χ4n) is 2.86. The van der Waals surface area contributed by atoms with E-state index in [4.69, 9.17) is 11.6 Å². The molecule has 0 aliphatic carbocycles. The Kier molecular flexibility index (Phi) is 5.11. The lowest BCUT2D eigenvalue weighted by Crippen LogP contribution is -2.46. The van der Waals surface area contributed by atoms with Crippen LogP contribution < -0.4 is 0 Å². The Bertz CT molecular complexity index is 693. The number of piperazine rings is 1. The molecule has 0 bridgehead atoms. The fourth-order valence-corrected chi connectivity index (χ4v) is 3.10. The lowest BCUT2D eigenvalue weighted by molar-refractivity contribution is 0.0876. The van der Waals surface area contributed by atoms with Crippen molar-refractivity contribution < 1.29 is 4.79 Å². The summed E-state index contributed by atoms with van der Waals surface area (Å²) in [6.45, 7) is 4.43. The van der Waals surface area contributed by atoms with Crippen molar-refractivity contribution in [3.8, 4) is 11.1 Å². The third-order valence-electron chi connectivity index (χ3n) is 4.33. The zero-order valence-electron chi connectivity index (χ0n) is 13.3. The second-order valence-corrected chi connectivity index (χ2v) is 6.47. The summed E-state index contributed by atoms with van der Waals surface area (Å²) >= 11 is 6.26. The number of nitrogens with zero attached hydrogens (tertiary/aromatic N) is 2. The van der Waals surface area contributed by atoms with Crippen LogP contribution in [0.25, 0.3) is 11.1 Å². The maximum Gasteiger partial charge on any atom is 0.176 e. The van der Waals surface area contributed by atoms with Crippen LogP contribution in [-0.2, 0) is 0 Å². The van der Waals surface area contributed by atoms with Crippen LogP contribution in [-0.4, -0.2) is 55.4 Å². The van der Waals surface area contributed by atoms with Gasteiger partial charge >= 0.3 is 0 Å². The molecular formula is C19H21ClN2O. The molecule has 0 amide bonds. The number of hydrogen-bond donors (Lipinski definition) is 0. The lowest BCUT2D eigenvalue weighted by atomic mass is 10.0. The maximum absolute atomic E-state index is 12.6. The predicted octanol–water partition coefficient (Wildman–Crippen LogP) is 3.44. The quantitative estimate of drug-likeness (QED) is 0.803. The maximum atomic E-state index is 12.6. The number of carbonyl (C=O) groups excluding carboxylic acids is 1. The molecule has 0 aromatic heterocycles.